The number of carbonyl (C=O) groups is 2. The summed E-state index contributed by atoms with van der Waals surface area (Å²) in [5.74, 6) is -0.0121. The van der Waals surface area contributed by atoms with Crippen LogP contribution in [-0.4, -0.2) is 90.8 Å². The first-order valence-corrected chi connectivity index (χ1v) is 28.1. The number of halogens is 5. The summed E-state index contributed by atoms with van der Waals surface area (Å²) < 4.78 is 60.5. The zero-order valence-electron chi connectivity index (χ0n) is 37.0. The van der Waals surface area contributed by atoms with Crippen LogP contribution in [0.5, 0.6) is 0 Å². The van der Waals surface area contributed by atoms with E-state index in [2.05, 4.69) is 25.9 Å². The maximum atomic E-state index is 12.4. The minimum atomic E-state index is -3.34. The van der Waals surface area contributed by atoms with Gasteiger partial charge in [-0.15, -0.1) is 22.7 Å². The van der Waals surface area contributed by atoms with Gasteiger partial charge in [-0.3, -0.25) is 9.13 Å². The molecule has 8 aromatic rings. The predicted molar refractivity (Wildman–Crippen MR) is 281 cm³/mol. The SMILES string of the molecule is CCOC(=O)c1cn(-c2c(Cl)cccc2Cl)c(-c2ccc(-c3cccc(S(C)(=O)=O)c3)s2)n1.CCOC(=O)c1cn(-c2c(Cl)cccc2Cl)c(-c2ccc(Br)s2)n1.CS(=O)(=O)c1cccc(B(O)O)c1. The largest absolute Gasteiger partial charge is 0.488 e. The van der Waals surface area contributed by atoms with E-state index >= 15 is 0 Å². The van der Waals surface area contributed by atoms with Crippen LogP contribution in [0.25, 0.3) is 43.2 Å². The van der Waals surface area contributed by atoms with E-state index in [1.807, 2.05) is 30.3 Å². The number of hydrogen-bond donors (Lipinski definition) is 2. The second-order valence-corrected chi connectivity index (χ2v) is 23.7. The second-order valence-electron chi connectivity index (χ2n) is 14.5. The van der Waals surface area contributed by atoms with Crippen LogP contribution in [0.1, 0.15) is 34.8 Å². The van der Waals surface area contributed by atoms with E-state index in [0.717, 1.165) is 30.2 Å². The topological polar surface area (TPSA) is 197 Å². The van der Waals surface area contributed by atoms with Crippen molar-refractivity contribution in [3.63, 3.8) is 0 Å². The van der Waals surface area contributed by atoms with Gasteiger partial charge < -0.3 is 19.5 Å². The number of hydrogen-bond acceptors (Lipinski definition) is 14. The lowest BCUT2D eigenvalue weighted by Gasteiger charge is -2.10. The molecular weight excluding hydrogens is 1130 g/mol. The standard InChI is InChI=1S/C23H18Cl2N2O4S2.C16H11BrCl2N2O2S.C7H9BO4S/c1-3-31-23(28)18-13-27(21-16(24)8-5-9-17(21)25)22(26-18)20-11-10-19(32-20)14-6-4-7-15(12-14)33(2,29)30;1-2-23-16(22)11-8-21(14-9(18)4-3-5-10(14)19)15(20-11)12-6-7-13(17)24-12;1-13(11,12)7-4-2-3-6(5-7)8(9)10/h4-13H,3H2,1-2H3;3-8H,2H2,1H3;2-5,9-10H,1H3. The molecular formula is C46H38BBrCl4N4O10S4. The number of nitrogens with zero attached hydrogens (tertiary/aromatic N) is 4. The molecule has 4 aromatic carbocycles. The molecule has 0 aliphatic heterocycles. The van der Waals surface area contributed by atoms with Crippen molar-refractivity contribution in [3.8, 4) is 43.2 Å². The van der Waals surface area contributed by atoms with Crippen molar-refractivity contribution < 1.29 is 45.9 Å². The van der Waals surface area contributed by atoms with Gasteiger partial charge in [0.15, 0.2) is 42.7 Å². The first-order chi connectivity index (χ1) is 33.1. The third-order valence-electron chi connectivity index (χ3n) is 9.49. The number of sulfone groups is 2. The Balaban J connectivity index is 0.000000189. The summed E-state index contributed by atoms with van der Waals surface area (Å²) in [5, 5.41) is 19.3. The average Bonchev–Trinajstić information content (AvgIpc) is 4.14. The van der Waals surface area contributed by atoms with E-state index in [-0.39, 0.29) is 39.9 Å². The van der Waals surface area contributed by atoms with E-state index < -0.39 is 38.7 Å². The molecule has 0 fully saturated rings. The van der Waals surface area contributed by atoms with E-state index in [0.29, 0.717) is 43.1 Å². The Morgan fingerprint density at radius 1 is 0.614 bits per heavy atom. The molecule has 0 spiro atoms. The van der Waals surface area contributed by atoms with Gasteiger partial charge in [0.2, 0.25) is 0 Å². The molecule has 70 heavy (non-hydrogen) atoms. The summed E-state index contributed by atoms with van der Waals surface area (Å²) in [4.78, 5) is 36.2. The number of rotatable bonds is 12. The Kier molecular flexibility index (Phi) is 18.4. The smallest absolute Gasteiger partial charge is 0.461 e. The molecule has 8 rings (SSSR count). The van der Waals surface area contributed by atoms with Crippen molar-refractivity contribution in [3.05, 3.63) is 157 Å². The number of aromatic nitrogens is 4. The van der Waals surface area contributed by atoms with Crippen molar-refractivity contribution in [1.82, 2.24) is 19.1 Å². The Morgan fingerprint density at radius 2 is 1.03 bits per heavy atom. The van der Waals surface area contributed by atoms with E-state index in [1.165, 1.54) is 53.2 Å². The first-order valence-electron chi connectivity index (χ1n) is 20.4. The summed E-state index contributed by atoms with van der Waals surface area (Å²) in [6.07, 6.45) is 5.38. The molecule has 0 aliphatic carbocycles. The first kappa shape index (κ1) is 54.5. The van der Waals surface area contributed by atoms with Gasteiger partial charge in [0.25, 0.3) is 0 Å². The van der Waals surface area contributed by atoms with Crippen LogP contribution in [0.4, 0.5) is 0 Å². The molecule has 4 aromatic heterocycles. The number of para-hydroxylation sites is 2. The Morgan fingerprint density at radius 3 is 1.46 bits per heavy atom. The molecule has 2 N–H and O–H groups in total. The highest BCUT2D eigenvalue weighted by atomic mass is 79.9. The highest BCUT2D eigenvalue weighted by Crippen LogP contribution is 2.39. The maximum Gasteiger partial charge on any atom is 0.488 e. The van der Waals surface area contributed by atoms with Gasteiger partial charge in [0, 0.05) is 29.8 Å². The summed E-state index contributed by atoms with van der Waals surface area (Å²) in [6.45, 7) is 3.96. The lowest BCUT2D eigenvalue weighted by Crippen LogP contribution is -2.30. The number of benzene rings is 4. The van der Waals surface area contributed by atoms with Gasteiger partial charge >= 0.3 is 19.1 Å². The molecule has 0 unspecified atom stereocenters. The summed E-state index contributed by atoms with van der Waals surface area (Å²) in [7, 11) is -8.25. The van der Waals surface area contributed by atoms with Crippen molar-refractivity contribution in [1.29, 1.82) is 0 Å². The lowest BCUT2D eigenvalue weighted by molar-refractivity contribution is 0.0510. The second kappa shape index (κ2) is 23.6. The molecule has 364 valence electrons. The zero-order valence-corrected chi connectivity index (χ0v) is 44.9. The number of carbonyl (C=O) groups excluding carboxylic acids is 2. The number of imidazole rings is 2. The molecule has 14 nitrogen and oxygen atoms in total. The molecule has 4 heterocycles. The minimum absolute atomic E-state index is 0.0816. The quantitative estimate of drug-likeness (QED) is 0.0869. The summed E-state index contributed by atoms with van der Waals surface area (Å²) in [5.41, 5.74) is 2.32. The van der Waals surface area contributed by atoms with Crippen LogP contribution in [0, 0.1) is 0 Å². The highest BCUT2D eigenvalue weighted by Gasteiger charge is 2.24. The maximum absolute atomic E-state index is 12.4. The molecule has 0 bridgehead atoms. The van der Waals surface area contributed by atoms with Crippen molar-refractivity contribution >= 4 is 129 Å². The third kappa shape index (κ3) is 13.4. The summed E-state index contributed by atoms with van der Waals surface area (Å²) in [6, 6.07) is 30.2. The lowest BCUT2D eigenvalue weighted by atomic mass is 9.80. The van der Waals surface area contributed by atoms with Gasteiger partial charge in [-0.25, -0.2) is 36.4 Å². The van der Waals surface area contributed by atoms with Gasteiger partial charge in [-0.1, -0.05) is 82.8 Å². The van der Waals surface area contributed by atoms with Gasteiger partial charge in [-0.2, -0.15) is 0 Å². The summed E-state index contributed by atoms with van der Waals surface area (Å²) >= 11 is 31.8. The van der Waals surface area contributed by atoms with Gasteiger partial charge in [0.05, 0.1) is 68.0 Å². The number of thiophene rings is 2. The normalized spacial score (nSPS) is 11.2. The minimum Gasteiger partial charge on any atom is -0.461 e. The van der Waals surface area contributed by atoms with Crippen LogP contribution in [-0.2, 0) is 29.1 Å². The number of ether oxygens (including phenoxy) is 2. The fourth-order valence-electron chi connectivity index (χ4n) is 6.33. The Bertz CT molecular complexity index is 3390. The molecule has 0 saturated carbocycles. The Labute approximate surface area is 440 Å². The number of esters is 2. The van der Waals surface area contributed by atoms with Crippen LogP contribution >= 0.6 is 85.0 Å². The van der Waals surface area contributed by atoms with Crippen LogP contribution in [0.3, 0.4) is 0 Å². The highest BCUT2D eigenvalue weighted by molar-refractivity contribution is 9.11. The third-order valence-corrected chi connectivity index (χ3v) is 15.7. The van der Waals surface area contributed by atoms with Gasteiger partial charge in [0.1, 0.15) is 0 Å². The molecule has 0 saturated heterocycles. The van der Waals surface area contributed by atoms with E-state index in [9.17, 15) is 26.4 Å². The molecule has 0 radical (unpaired) electrons. The molecule has 0 aliphatic rings. The molecule has 0 atom stereocenters. The monoisotopic (exact) mass is 1160 g/mol. The van der Waals surface area contributed by atoms with Crippen molar-refractivity contribution in [2.24, 2.45) is 0 Å². The fraction of sp³-hybridized carbons (Fsp3) is 0.130. The molecule has 0 amide bonds. The molecule has 24 heteroatoms. The van der Waals surface area contributed by atoms with Crippen molar-refractivity contribution in [2.75, 3.05) is 25.7 Å². The Hall–Kier alpha value is -4.84. The zero-order chi connectivity index (χ0) is 51.1. The van der Waals surface area contributed by atoms with Crippen molar-refractivity contribution in [2.45, 2.75) is 23.6 Å². The average molecular weight is 1170 g/mol. The van der Waals surface area contributed by atoms with Crippen LogP contribution in [0.2, 0.25) is 20.1 Å². The van der Waals surface area contributed by atoms with E-state index in [1.54, 1.807) is 90.0 Å². The van der Waals surface area contributed by atoms with E-state index in [4.69, 9.17) is 65.9 Å². The van der Waals surface area contributed by atoms with Crippen LogP contribution < -0.4 is 5.46 Å². The van der Waals surface area contributed by atoms with Gasteiger partial charge in [-0.05, 0) is 114 Å². The van der Waals surface area contributed by atoms with Crippen LogP contribution in [0.15, 0.2) is 135 Å². The predicted octanol–water partition coefficient (Wildman–Crippen LogP) is 10.8. The fourth-order valence-corrected chi connectivity index (χ4v) is 11.2.